The molecule has 0 saturated carbocycles. The summed E-state index contributed by atoms with van der Waals surface area (Å²) in [7, 11) is 0. The highest BCUT2D eigenvalue weighted by molar-refractivity contribution is 5.96. The number of carbonyl (C=O) groups is 1. The third kappa shape index (κ3) is 1.85. The standard InChI is InChI=1S/C11H15N3O/c1-8-10(3-2-4-13-8)14-7-9(6-12)5-11(14)15/h2-4,9H,5-7,12H2,1H3. The predicted molar refractivity (Wildman–Crippen MR) is 58.5 cm³/mol. The zero-order valence-electron chi connectivity index (χ0n) is 8.81. The first-order valence-corrected chi connectivity index (χ1v) is 5.14. The summed E-state index contributed by atoms with van der Waals surface area (Å²) in [5.41, 5.74) is 7.39. The summed E-state index contributed by atoms with van der Waals surface area (Å²) in [6, 6.07) is 3.78. The van der Waals surface area contributed by atoms with Gasteiger partial charge in [-0.05, 0) is 31.5 Å². The van der Waals surface area contributed by atoms with Crippen LogP contribution in [0, 0.1) is 12.8 Å². The lowest BCUT2D eigenvalue weighted by Gasteiger charge is -2.17. The Bertz CT molecular complexity index is 378. The van der Waals surface area contributed by atoms with Gasteiger partial charge in [0.25, 0.3) is 0 Å². The average molecular weight is 205 g/mol. The Kier molecular flexibility index (Phi) is 2.68. The number of aryl methyl sites for hydroxylation is 1. The quantitative estimate of drug-likeness (QED) is 0.773. The summed E-state index contributed by atoms with van der Waals surface area (Å²) < 4.78 is 0. The molecule has 80 valence electrons. The minimum absolute atomic E-state index is 0.154. The second kappa shape index (κ2) is 3.98. The summed E-state index contributed by atoms with van der Waals surface area (Å²) >= 11 is 0. The molecule has 1 aliphatic heterocycles. The average Bonchev–Trinajstić information content (AvgIpc) is 2.60. The Morgan fingerprint density at radius 2 is 2.47 bits per heavy atom. The fourth-order valence-electron chi connectivity index (χ4n) is 1.93. The lowest BCUT2D eigenvalue weighted by atomic mass is 10.1. The van der Waals surface area contributed by atoms with E-state index in [1.807, 2.05) is 19.1 Å². The molecule has 2 heterocycles. The second-order valence-electron chi connectivity index (χ2n) is 3.92. The summed E-state index contributed by atoms with van der Waals surface area (Å²) in [4.78, 5) is 17.7. The first kappa shape index (κ1) is 10.1. The SMILES string of the molecule is Cc1ncccc1N1CC(CN)CC1=O. The van der Waals surface area contributed by atoms with Crippen molar-refractivity contribution in [3.05, 3.63) is 24.0 Å². The van der Waals surface area contributed by atoms with Crippen LogP contribution in [-0.4, -0.2) is 24.0 Å². The molecule has 0 aliphatic carbocycles. The Balaban J connectivity index is 2.25. The van der Waals surface area contributed by atoms with Gasteiger partial charge in [0.15, 0.2) is 0 Å². The van der Waals surface area contributed by atoms with Crippen LogP contribution in [0.25, 0.3) is 0 Å². The highest BCUT2D eigenvalue weighted by atomic mass is 16.2. The predicted octanol–water partition coefficient (Wildman–Crippen LogP) is 0.702. The van der Waals surface area contributed by atoms with Gasteiger partial charge in [0.05, 0.1) is 11.4 Å². The summed E-state index contributed by atoms with van der Waals surface area (Å²) in [6.45, 7) is 3.21. The van der Waals surface area contributed by atoms with Gasteiger partial charge in [-0.15, -0.1) is 0 Å². The van der Waals surface area contributed by atoms with Crippen molar-refractivity contribution in [2.24, 2.45) is 11.7 Å². The molecule has 0 aromatic carbocycles. The lowest BCUT2D eigenvalue weighted by molar-refractivity contribution is -0.117. The molecule has 0 radical (unpaired) electrons. The van der Waals surface area contributed by atoms with Crippen molar-refractivity contribution in [3.63, 3.8) is 0 Å². The lowest BCUT2D eigenvalue weighted by Crippen LogP contribution is -2.26. The number of rotatable bonds is 2. The van der Waals surface area contributed by atoms with Crippen molar-refractivity contribution < 1.29 is 4.79 Å². The molecule has 4 nitrogen and oxygen atoms in total. The van der Waals surface area contributed by atoms with E-state index in [1.165, 1.54) is 0 Å². The van der Waals surface area contributed by atoms with Crippen LogP contribution in [0.4, 0.5) is 5.69 Å². The van der Waals surface area contributed by atoms with Crippen LogP contribution in [0.3, 0.4) is 0 Å². The number of hydrogen-bond donors (Lipinski definition) is 1. The Labute approximate surface area is 89.1 Å². The van der Waals surface area contributed by atoms with Crippen molar-refractivity contribution in [3.8, 4) is 0 Å². The van der Waals surface area contributed by atoms with Crippen molar-refractivity contribution in [2.75, 3.05) is 18.0 Å². The van der Waals surface area contributed by atoms with Crippen molar-refractivity contribution in [1.29, 1.82) is 0 Å². The van der Waals surface area contributed by atoms with E-state index in [4.69, 9.17) is 5.73 Å². The van der Waals surface area contributed by atoms with Gasteiger partial charge in [0.2, 0.25) is 5.91 Å². The van der Waals surface area contributed by atoms with Gasteiger partial charge in [-0.2, -0.15) is 0 Å². The number of pyridine rings is 1. The zero-order chi connectivity index (χ0) is 10.8. The van der Waals surface area contributed by atoms with Gasteiger partial charge in [-0.3, -0.25) is 9.78 Å². The topological polar surface area (TPSA) is 59.2 Å². The minimum Gasteiger partial charge on any atom is -0.330 e. The molecule has 0 bridgehead atoms. The van der Waals surface area contributed by atoms with E-state index in [9.17, 15) is 4.79 Å². The van der Waals surface area contributed by atoms with Gasteiger partial charge in [-0.25, -0.2) is 0 Å². The van der Waals surface area contributed by atoms with Crippen LogP contribution >= 0.6 is 0 Å². The molecule has 2 N–H and O–H groups in total. The van der Waals surface area contributed by atoms with Crippen LogP contribution in [-0.2, 0) is 4.79 Å². The largest absolute Gasteiger partial charge is 0.330 e. The van der Waals surface area contributed by atoms with E-state index in [1.54, 1.807) is 11.1 Å². The molecular formula is C11H15N3O. The number of aromatic nitrogens is 1. The number of carbonyl (C=O) groups excluding carboxylic acids is 1. The Morgan fingerprint density at radius 3 is 3.07 bits per heavy atom. The fourth-order valence-corrected chi connectivity index (χ4v) is 1.93. The van der Waals surface area contributed by atoms with Gasteiger partial charge < -0.3 is 10.6 Å². The molecule has 1 amide bonds. The molecule has 2 rings (SSSR count). The van der Waals surface area contributed by atoms with Crippen molar-refractivity contribution in [1.82, 2.24) is 4.98 Å². The molecule has 1 fully saturated rings. The first-order valence-electron chi connectivity index (χ1n) is 5.14. The third-order valence-electron chi connectivity index (χ3n) is 2.81. The van der Waals surface area contributed by atoms with E-state index in [0.717, 1.165) is 17.9 Å². The molecule has 1 saturated heterocycles. The second-order valence-corrected chi connectivity index (χ2v) is 3.92. The van der Waals surface area contributed by atoms with Crippen molar-refractivity contribution >= 4 is 11.6 Å². The van der Waals surface area contributed by atoms with Gasteiger partial charge >= 0.3 is 0 Å². The van der Waals surface area contributed by atoms with Crippen LogP contribution in [0.2, 0.25) is 0 Å². The molecule has 1 atom stereocenters. The number of hydrogen-bond acceptors (Lipinski definition) is 3. The van der Waals surface area contributed by atoms with E-state index >= 15 is 0 Å². The molecule has 4 heteroatoms. The Morgan fingerprint density at radius 1 is 1.67 bits per heavy atom. The van der Waals surface area contributed by atoms with Gasteiger partial charge in [0.1, 0.15) is 0 Å². The minimum atomic E-state index is 0.154. The summed E-state index contributed by atoms with van der Waals surface area (Å²) in [6.07, 6.45) is 2.30. The number of anilines is 1. The molecule has 15 heavy (non-hydrogen) atoms. The highest BCUT2D eigenvalue weighted by Gasteiger charge is 2.30. The fraction of sp³-hybridized carbons (Fsp3) is 0.455. The molecule has 1 aromatic rings. The maximum Gasteiger partial charge on any atom is 0.227 e. The molecule has 1 aromatic heterocycles. The van der Waals surface area contributed by atoms with Crippen LogP contribution < -0.4 is 10.6 Å². The molecular weight excluding hydrogens is 190 g/mol. The van der Waals surface area contributed by atoms with Crippen LogP contribution in [0.15, 0.2) is 18.3 Å². The monoisotopic (exact) mass is 205 g/mol. The molecule has 1 unspecified atom stereocenters. The van der Waals surface area contributed by atoms with Gasteiger partial charge in [-0.1, -0.05) is 0 Å². The Hall–Kier alpha value is -1.42. The van der Waals surface area contributed by atoms with E-state index < -0.39 is 0 Å². The normalized spacial score (nSPS) is 21.1. The first-order chi connectivity index (χ1) is 7.22. The summed E-state index contributed by atoms with van der Waals surface area (Å²) in [5.74, 6) is 0.443. The van der Waals surface area contributed by atoms with Gasteiger partial charge in [0, 0.05) is 19.2 Å². The van der Waals surface area contributed by atoms with Crippen LogP contribution in [0.5, 0.6) is 0 Å². The van der Waals surface area contributed by atoms with E-state index in [0.29, 0.717) is 13.0 Å². The maximum absolute atomic E-state index is 11.7. The maximum atomic E-state index is 11.7. The van der Waals surface area contributed by atoms with Crippen LogP contribution in [0.1, 0.15) is 12.1 Å². The summed E-state index contributed by atoms with van der Waals surface area (Å²) in [5, 5.41) is 0. The highest BCUT2D eigenvalue weighted by Crippen LogP contribution is 2.25. The zero-order valence-corrected chi connectivity index (χ0v) is 8.81. The third-order valence-corrected chi connectivity index (χ3v) is 2.81. The number of amides is 1. The smallest absolute Gasteiger partial charge is 0.227 e. The van der Waals surface area contributed by atoms with E-state index in [2.05, 4.69) is 4.98 Å². The molecule has 0 spiro atoms. The van der Waals surface area contributed by atoms with Crippen molar-refractivity contribution in [2.45, 2.75) is 13.3 Å². The van der Waals surface area contributed by atoms with E-state index in [-0.39, 0.29) is 11.8 Å². The number of nitrogens with zero attached hydrogens (tertiary/aromatic N) is 2. The number of nitrogens with two attached hydrogens (primary N) is 1. The molecule has 1 aliphatic rings.